The van der Waals surface area contributed by atoms with Crippen LogP contribution in [-0.2, 0) is 20.9 Å². The molecule has 6 heteroatoms. The molecule has 0 aliphatic carbocycles. The van der Waals surface area contributed by atoms with Gasteiger partial charge in [0.05, 0.1) is 12.3 Å². The molecular weight excluding hydrogens is 258 g/mol. The summed E-state index contributed by atoms with van der Waals surface area (Å²) < 4.78 is 6.55. The fourth-order valence-electron chi connectivity index (χ4n) is 1.99. The van der Waals surface area contributed by atoms with Gasteiger partial charge in [0.2, 0.25) is 5.91 Å². The van der Waals surface area contributed by atoms with E-state index in [0.717, 1.165) is 17.8 Å². The molecule has 0 atom stereocenters. The molecule has 0 saturated carbocycles. The van der Waals surface area contributed by atoms with Crippen molar-refractivity contribution in [2.45, 2.75) is 40.7 Å². The highest BCUT2D eigenvalue weighted by atomic mass is 16.5. The van der Waals surface area contributed by atoms with Crippen molar-refractivity contribution in [1.82, 2.24) is 14.7 Å². The van der Waals surface area contributed by atoms with Crippen LogP contribution in [0.1, 0.15) is 31.7 Å². The van der Waals surface area contributed by atoms with Gasteiger partial charge in [0.1, 0.15) is 13.1 Å². The maximum absolute atomic E-state index is 12.3. The van der Waals surface area contributed by atoms with Crippen molar-refractivity contribution >= 4 is 11.9 Å². The minimum Gasteiger partial charge on any atom is -0.465 e. The Morgan fingerprint density at radius 2 is 2.05 bits per heavy atom. The number of hydrogen-bond acceptors (Lipinski definition) is 4. The van der Waals surface area contributed by atoms with Gasteiger partial charge in [-0.3, -0.25) is 14.3 Å². The van der Waals surface area contributed by atoms with Crippen molar-refractivity contribution in [2.24, 2.45) is 0 Å². The fourth-order valence-corrected chi connectivity index (χ4v) is 1.99. The van der Waals surface area contributed by atoms with Crippen LogP contribution in [0.2, 0.25) is 0 Å². The molecule has 0 unspecified atom stereocenters. The topological polar surface area (TPSA) is 64.4 Å². The Kier molecular flexibility index (Phi) is 6.21. The molecule has 0 aliphatic heterocycles. The third-order valence-corrected chi connectivity index (χ3v) is 2.86. The number of carbonyl (C=O) groups excluding carboxylic acids is 2. The molecule has 0 spiro atoms. The Balaban J connectivity index is 2.68. The second kappa shape index (κ2) is 7.67. The van der Waals surface area contributed by atoms with Gasteiger partial charge < -0.3 is 9.64 Å². The van der Waals surface area contributed by atoms with Crippen LogP contribution in [0, 0.1) is 13.8 Å². The Bertz CT molecular complexity index is 468. The first-order chi connectivity index (χ1) is 9.47. The van der Waals surface area contributed by atoms with E-state index < -0.39 is 0 Å². The lowest BCUT2D eigenvalue weighted by Gasteiger charge is -2.21. The molecule has 0 aromatic carbocycles. The summed E-state index contributed by atoms with van der Waals surface area (Å²) in [5.41, 5.74) is 1.81. The molecule has 0 fully saturated rings. The molecule has 0 saturated heterocycles. The van der Waals surface area contributed by atoms with Gasteiger partial charge in [-0.1, -0.05) is 6.92 Å². The van der Waals surface area contributed by atoms with Crippen LogP contribution >= 0.6 is 0 Å². The second-order valence-electron chi connectivity index (χ2n) is 4.71. The molecular formula is C14H23N3O3. The molecule has 20 heavy (non-hydrogen) atoms. The van der Waals surface area contributed by atoms with Crippen LogP contribution in [0.15, 0.2) is 6.07 Å². The van der Waals surface area contributed by atoms with Gasteiger partial charge in [0.25, 0.3) is 0 Å². The molecule has 0 radical (unpaired) electrons. The molecule has 1 aromatic rings. The fraction of sp³-hybridized carbons (Fsp3) is 0.643. The average Bonchev–Trinajstić information content (AvgIpc) is 2.67. The Morgan fingerprint density at radius 1 is 1.35 bits per heavy atom. The van der Waals surface area contributed by atoms with Gasteiger partial charge in [-0.25, -0.2) is 0 Å². The number of nitrogens with zero attached hydrogens (tertiary/aromatic N) is 3. The molecule has 0 bridgehead atoms. The van der Waals surface area contributed by atoms with E-state index >= 15 is 0 Å². The van der Waals surface area contributed by atoms with Crippen molar-refractivity contribution in [2.75, 3.05) is 19.7 Å². The van der Waals surface area contributed by atoms with E-state index in [2.05, 4.69) is 5.10 Å². The van der Waals surface area contributed by atoms with Crippen molar-refractivity contribution < 1.29 is 14.3 Å². The number of carbonyl (C=O) groups is 2. The van der Waals surface area contributed by atoms with Gasteiger partial charge in [-0.2, -0.15) is 5.10 Å². The predicted molar refractivity (Wildman–Crippen MR) is 75.2 cm³/mol. The quantitative estimate of drug-likeness (QED) is 0.707. The van der Waals surface area contributed by atoms with Crippen LogP contribution in [-0.4, -0.2) is 46.3 Å². The number of amides is 1. The van der Waals surface area contributed by atoms with Gasteiger partial charge in [-0.05, 0) is 33.3 Å². The van der Waals surface area contributed by atoms with E-state index in [1.54, 1.807) is 11.6 Å². The molecule has 6 nitrogen and oxygen atoms in total. The largest absolute Gasteiger partial charge is 0.465 e. The zero-order chi connectivity index (χ0) is 15.1. The lowest BCUT2D eigenvalue weighted by molar-refractivity contribution is -0.149. The molecule has 1 amide bonds. The number of aromatic nitrogens is 2. The normalized spacial score (nSPS) is 10.4. The van der Waals surface area contributed by atoms with Gasteiger partial charge in [0.15, 0.2) is 0 Å². The first kappa shape index (κ1) is 16.2. The van der Waals surface area contributed by atoms with Crippen LogP contribution in [0.25, 0.3) is 0 Å². The summed E-state index contributed by atoms with van der Waals surface area (Å²) in [7, 11) is 0. The van der Waals surface area contributed by atoms with E-state index in [4.69, 9.17) is 4.74 Å². The molecule has 1 aromatic heterocycles. The summed E-state index contributed by atoms with van der Waals surface area (Å²) >= 11 is 0. The summed E-state index contributed by atoms with van der Waals surface area (Å²) in [6.45, 7) is 8.52. The van der Waals surface area contributed by atoms with Crippen LogP contribution in [0.5, 0.6) is 0 Å². The molecule has 1 rings (SSSR count). The van der Waals surface area contributed by atoms with E-state index in [-0.39, 0.29) is 25.0 Å². The first-order valence-electron chi connectivity index (χ1n) is 6.92. The third-order valence-electron chi connectivity index (χ3n) is 2.86. The maximum Gasteiger partial charge on any atom is 0.325 e. The third kappa shape index (κ3) is 4.68. The summed E-state index contributed by atoms with van der Waals surface area (Å²) in [5.74, 6) is -0.492. The lowest BCUT2D eigenvalue weighted by atomic mass is 10.3. The summed E-state index contributed by atoms with van der Waals surface area (Å²) in [4.78, 5) is 25.3. The van der Waals surface area contributed by atoms with E-state index in [0.29, 0.717) is 13.2 Å². The number of hydrogen-bond donors (Lipinski definition) is 0. The maximum atomic E-state index is 12.3. The molecule has 112 valence electrons. The zero-order valence-electron chi connectivity index (χ0n) is 12.7. The Labute approximate surface area is 119 Å². The lowest BCUT2D eigenvalue weighted by Crippen LogP contribution is -2.39. The van der Waals surface area contributed by atoms with E-state index in [1.165, 1.54) is 4.90 Å². The highest BCUT2D eigenvalue weighted by molar-refractivity contribution is 5.81. The van der Waals surface area contributed by atoms with E-state index in [9.17, 15) is 9.59 Å². The monoisotopic (exact) mass is 281 g/mol. The average molecular weight is 281 g/mol. The van der Waals surface area contributed by atoms with Crippen molar-refractivity contribution in [3.63, 3.8) is 0 Å². The van der Waals surface area contributed by atoms with Crippen LogP contribution in [0.3, 0.4) is 0 Å². The van der Waals surface area contributed by atoms with Gasteiger partial charge in [0, 0.05) is 12.2 Å². The Hall–Kier alpha value is -1.85. The van der Waals surface area contributed by atoms with Crippen molar-refractivity contribution in [3.8, 4) is 0 Å². The van der Waals surface area contributed by atoms with Gasteiger partial charge >= 0.3 is 5.97 Å². The highest BCUT2D eigenvalue weighted by Crippen LogP contribution is 2.04. The minimum absolute atomic E-state index is 0.000187. The molecule has 1 heterocycles. The Morgan fingerprint density at radius 3 is 2.55 bits per heavy atom. The molecule has 0 N–H and O–H groups in total. The number of ether oxygens (including phenoxy) is 1. The summed E-state index contributed by atoms with van der Waals surface area (Å²) in [5, 5.41) is 4.26. The first-order valence-corrected chi connectivity index (χ1v) is 6.92. The van der Waals surface area contributed by atoms with Crippen LogP contribution in [0.4, 0.5) is 0 Å². The second-order valence-corrected chi connectivity index (χ2v) is 4.71. The number of esters is 1. The number of aryl methyl sites for hydroxylation is 2. The SMILES string of the molecule is CCCN(CC(=O)OCC)C(=O)Cn1nc(C)cc1C. The predicted octanol–water partition coefficient (Wildman–Crippen LogP) is 1.30. The van der Waals surface area contributed by atoms with Crippen LogP contribution < -0.4 is 0 Å². The highest BCUT2D eigenvalue weighted by Gasteiger charge is 2.18. The summed E-state index contributed by atoms with van der Waals surface area (Å²) in [6, 6.07) is 1.92. The summed E-state index contributed by atoms with van der Waals surface area (Å²) in [6.07, 6.45) is 0.794. The molecule has 0 aliphatic rings. The minimum atomic E-state index is -0.373. The van der Waals surface area contributed by atoms with Crippen molar-refractivity contribution in [1.29, 1.82) is 0 Å². The standard InChI is InChI=1S/C14H23N3O3/c1-5-7-16(10-14(19)20-6-2)13(18)9-17-12(4)8-11(3)15-17/h8H,5-7,9-10H2,1-4H3. The van der Waals surface area contributed by atoms with E-state index in [1.807, 2.05) is 26.8 Å². The number of rotatable bonds is 7. The van der Waals surface area contributed by atoms with Crippen molar-refractivity contribution in [3.05, 3.63) is 17.5 Å². The smallest absolute Gasteiger partial charge is 0.325 e. The van der Waals surface area contributed by atoms with Gasteiger partial charge in [-0.15, -0.1) is 0 Å². The zero-order valence-corrected chi connectivity index (χ0v) is 12.7.